The maximum atomic E-state index is 12.1. The lowest BCUT2D eigenvalue weighted by atomic mass is 9.88. The Bertz CT molecular complexity index is 507. The van der Waals surface area contributed by atoms with Crippen molar-refractivity contribution in [2.75, 3.05) is 0 Å². The van der Waals surface area contributed by atoms with Crippen molar-refractivity contribution in [3.63, 3.8) is 0 Å². The van der Waals surface area contributed by atoms with E-state index < -0.39 is 0 Å². The van der Waals surface area contributed by atoms with Gasteiger partial charge in [0.1, 0.15) is 6.10 Å². The maximum absolute atomic E-state index is 12.1. The van der Waals surface area contributed by atoms with Crippen LogP contribution in [0.5, 0.6) is 0 Å². The third kappa shape index (κ3) is 4.87. The molecule has 22 heavy (non-hydrogen) atoms. The summed E-state index contributed by atoms with van der Waals surface area (Å²) in [4.78, 5) is 12.1. The zero-order valence-electron chi connectivity index (χ0n) is 13.4. The molecule has 118 valence electrons. The summed E-state index contributed by atoms with van der Waals surface area (Å²) in [5.41, 5.74) is 1.90. The highest BCUT2D eigenvalue weighted by atomic mass is 16.5. The number of rotatable bonds is 6. The average molecular weight is 299 g/mol. The number of benzene rings is 1. The number of unbranched alkanes of at least 4 members (excludes halogenated alkanes) is 2. The molecule has 1 aliphatic carbocycles. The van der Waals surface area contributed by atoms with Gasteiger partial charge in [0.15, 0.2) is 0 Å². The number of nitriles is 1. The number of hydrogen-bond acceptors (Lipinski definition) is 3. The monoisotopic (exact) mass is 299 g/mol. The van der Waals surface area contributed by atoms with Gasteiger partial charge in [0.05, 0.1) is 11.6 Å². The Hall–Kier alpha value is -1.82. The molecule has 3 heteroatoms. The van der Waals surface area contributed by atoms with Gasteiger partial charge < -0.3 is 4.74 Å². The molecule has 0 aromatic heterocycles. The molecule has 0 saturated heterocycles. The molecule has 0 amide bonds. The second kappa shape index (κ2) is 8.58. The normalized spacial score (nSPS) is 21.1. The van der Waals surface area contributed by atoms with Crippen LogP contribution in [0.2, 0.25) is 0 Å². The van der Waals surface area contributed by atoms with Crippen molar-refractivity contribution in [1.29, 1.82) is 5.26 Å². The first-order chi connectivity index (χ1) is 10.7. The number of esters is 1. The van der Waals surface area contributed by atoms with Crippen LogP contribution >= 0.6 is 0 Å². The fraction of sp³-hybridized carbons (Fsp3) is 0.579. The van der Waals surface area contributed by atoms with Crippen molar-refractivity contribution < 1.29 is 9.53 Å². The molecule has 0 atom stereocenters. The molecule has 1 fully saturated rings. The van der Waals surface area contributed by atoms with Crippen molar-refractivity contribution in [1.82, 2.24) is 0 Å². The van der Waals surface area contributed by atoms with Gasteiger partial charge in [-0.1, -0.05) is 31.9 Å². The molecule has 0 spiro atoms. The minimum absolute atomic E-state index is 0.0265. The second-order valence-electron chi connectivity index (χ2n) is 6.16. The highest BCUT2D eigenvalue weighted by Crippen LogP contribution is 2.26. The Balaban J connectivity index is 1.81. The lowest BCUT2D eigenvalue weighted by Crippen LogP contribution is -2.24. The van der Waals surface area contributed by atoms with Crippen LogP contribution in [0, 0.1) is 17.2 Å². The zero-order valence-corrected chi connectivity index (χ0v) is 13.4. The highest BCUT2D eigenvalue weighted by molar-refractivity contribution is 5.89. The first-order valence-electron chi connectivity index (χ1n) is 8.42. The fourth-order valence-corrected chi connectivity index (χ4v) is 2.92. The Morgan fingerprint density at radius 2 is 1.86 bits per heavy atom. The van der Waals surface area contributed by atoms with Crippen LogP contribution in [-0.4, -0.2) is 12.1 Å². The Kier molecular flexibility index (Phi) is 6.45. The van der Waals surface area contributed by atoms with E-state index in [2.05, 4.69) is 13.0 Å². The topological polar surface area (TPSA) is 50.1 Å². The van der Waals surface area contributed by atoms with E-state index >= 15 is 0 Å². The second-order valence-corrected chi connectivity index (χ2v) is 6.16. The standard InChI is InChI=1S/C19H25NO2/c1-2-3-4-5-15-6-10-17(11-7-15)19(21)22-18-12-8-16(14-20)9-13-18/h6-7,10-11,16,18H,2-5,8-9,12-13H2,1H3/t16-,18-. The summed E-state index contributed by atoms with van der Waals surface area (Å²) in [6.45, 7) is 2.20. The van der Waals surface area contributed by atoms with Gasteiger partial charge in [-0.3, -0.25) is 0 Å². The van der Waals surface area contributed by atoms with Gasteiger partial charge in [0.2, 0.25) is 0 Å². The predicted molar refractivity (Wildman–Crippen MR) is 86.4 cm³/mol. The van der Waals surface area contributed by atoms with Crippen molar-refractivity contribution in [2.24, 2.45) is 5.92 Å². The summed E-state index contributed by atoms with van der Waals surface area (Å²) in [7, 11) is 0. The molecule has 3 nitrogen and oxygen atoms in total. The van der Waals surface area contributed by atoms with Crippen molar-refractivity contribution in [2.45, 2.75) is 64.4 Å². The molecule has 0 aliphatic heterocycles. The number of nitrogens with zero attached hydrogens (tertiary/aromatic N) is 1. The lowest BCUT2D eigenvalue weighted by molar-refractivity contribution is 0.0187. The first kappa shape index (κ1) is 16.5. The Morgan fingerprint density at radius 3 is 2.45 bits per heavy atom. The van der Waals surface area contributed by atoms with E-state index in [0.717, 1.165) is 32.1 Å². The van der Waals surface area contributed by atoms with Crippen LogP contribution in [0.15, 0.2) is 24.3 Å². The van der Waals surface area contributed by atoms with Crippen LogP contribution in [0.25, 0.3) is 0 Å². The van der Waals surface area contributed by atoms with E-state index in [1.54, 1.807) is 0 Å². The number of carbonyl (C=O) groups is 1. The van der Waals surface area contributed by atoms with Gasteiger partial charge in [-0.25, -0.2) is 4.79 Å². The van der Waals surface area contributed by atoms with Gasteiger partial charge in [0.25, 0.3) is 0 Å². The third-order valence-corrected chi connectivity index (χ3v) is 4.39. The summed E-state index contributed by atoms with van der Waals surface area (Å²) in [5.74, 6) is -0.0992. The maximum Gasteiger partial charge on any atom is 0.338 e. The highest BCUT2D eigenvalue weighted by Gasteiger charge is 2.24. The van der Waals surface area contributed by atoms with Crippen LogP contribution in [0.1, 0.15) is 67.8 Å². The van der Waals surface area contributed by atoms with E-state index in [1.165, 1.54) is 24.8 Å². The predicted octanol–water partition coefficient (Wildman–Crippen LogP) is 4.66. The Labute approximate surface area is 133 Å². The molecule has 0 N–H and O–H groups in total. The summed E-state index contributed by atoms with van der Waals surface area (Å²) >= 11 is 0. The van der Waals surface area contributed by atoms with E-state index in [1.807, 2.05) is 24.3 Å². The SMILES string of the molecule is CCCCCc1ccc(C(=O)O[C@H]2CC[C@H](C#N)CC2)cc1. The van der Waals surface area contributed by atoms with E-state index in [0.29, 0.717) is 5.56 Å². The average Bonchev–Trinajstić information content (AvgIpc) is 2.56. The minimum Gasteiger partial charge on any atom is -0.459 e. The number of ether oxygens (including phenoxy) is 1. The molecule has 0 radical (unpaired) electrons. The Morgan fingerprint density at radius 1 is 1.18 bits per heavy atom. The molecule has 0 heterocycles. The fourth-order valence-electron chi connectivity index (χ4n) is 2.92. The molecule has 1 aliphatic rings. The molecule has 1 aromatic rings. The van der Waals surface area contributed by atoms with Crippen LogP contribution in [-0.2, 0) is 11.2 Å². The molecule has 0 bridgehead atoms. The van der Waals surface area contributed by atoms with Gasteiger partial charge in [0, 0.05) is 5.92 Å². The van der Waals surface area contributed by atoms with Crippen molar-refractivity contribution in [3.05, 3.63) is 35.4 Å². The summed E-state index contributed by atoms with van der Waals surface area (Å²) in [6, 6.07) is 10.1. The van der Waals surface area contributed by atoms with Crippen LogP contribution in [0.3, 0.4) is 0 Å². The molecular formula is C19H25NO2. The van der Waals surface area contributed by atoms with E-state index in [9.17, 15) is 4.79 Å². The molecule has 2 rings (SSSR count). The van der Waals surface area contributed by atoms with Gasteiger partial charge >= 0.3 is 5.97 Å². The van der Waals surface area contributed by atoms with E-state index in [-0.39, 0.29) is 18.0 Å². The largest absolute Gasteiger partial charge is 0.459 e. The van der Waals surface area contributed by atoms with Crippen LogP contribution < -0.4 is 0 Å². The number of aryl methyl sites for hydroxylation is 1. The van der Waals surface area contributed by atoms with Crippen molar-refractivity contribution >= 4 is 5.97 Å². The molecule has 1 saturated carbocycles. The molecule has 0 unspecified atom stereocenters. The minimum atomic E-state index is -0.236. The van der Waals surface area contributed by atoms with Crippen molar-refractivity contribution in [3.8, 4) is 6.07 Å². The zero-order chi connectivity index (χ0) is 15.8. The smallest absolute Gasteiger partial charge is 0.338 e. The quantitative estimate of drug-likeness (QED) is 0.567. The summed E-state index contributed by atoms with van der Waals surface area (Å²) < 4.78 is 5.56. The molecular weight excluding hydrogens is 274 g/mol. The van der Waals surface area contributed by atoms with Gasteiger partial charge in [-0.05, 0) is 56.2 Å². The summed E-state index contributed by atoms with van der Waals surface area (Å²) in [5, 5.41) is 8.88. The van der Waals surface area contributed by atoms with Gasteiger partial charge in [-0.15, -0.1) is 0 Å². The van der Waals surface area contributed by atoms with Gasteiger partial charge in [-0.2, -0.15) is 5.26 Å². The first-order valence-corrected chi connectivity index (χ1v) is 8.42. The van der Waals surface area contributed by atoms with E-state index in [4.69, 9.17) is 10.00 Å². The van der Waals surface area contributed by atoms with Crippen LogP contribution in [0.4, 0.5) is 0 Å². The lowest BCUT2D eigenvalue weighted by Gasteiger charge is -2.24. The third-order valence-electron chi connectivity index (χ3n) is 4.39. The summed E-state index contributed by atoms with van der Waals surface area (Å²) in [6.07, 6.45) is 7.99. The number of carbonyl (C=O) groups excluding carboxylic acids is 1. The number of hydrogen-bond donors (Lipinski definition) is 0. The molecule has 1 aromatic carbocycles.